The minimum atomic E-state index is -0.252. The fourth-order valence-electron chi connectivity index (χ4n) is 1.97. The summed E-state index contributed by atoms with van der Waals surface area (Å²) in [7, 11) is 0. The number of halogens is 2. The molecule has 6 heteroatoms. The Morgan fingerprint density at radius 3 is 2.90 bits per heavy atom. The monoisotopic (exact) mass is 361 g/mol. The van der Waals surface area contributed by atoms with E-state index in [1.165, 1.54) is 6.20 Å². The fraction of sp³-hybridized carbons (Fsp3) is 0. The minimum Gasteiger partial charge on any atom is -0.320 e. The first kappa shape index (κ1) is 14.0. The summed E-state index contributed by atoms with van der Waals surface area (Å²) in [5.41, 5.74) is 1.73. The molecule has 0 fully saturated rings. The lowest BCUT2D eigenvalue weighted by atomic mass is 10.2. The lowest BCUT2D eigenvalue weighted by molar-refractivity contribution is 0.102. The number of nitrogens with one attached hydrogen (secondary N) is 1. The molecule has 0 radical (unpaired) electrons. The van der Waals surface area contributed by atoms with Gasteiger partial charge in [-0.15, -0.1) is 0 Å². The molecular weight excluding hydrogens is 354 g/mol. The largest absolute Gasteiger partial charge is 0.320 e. The maximum Gasteiger partial charge on any atom is 0.257 e. The third-order valence-corrected chi connectivity index (χ3v) is 3.69. The molecule has 21 heavy (non-hydrogen) atoms. The molecule has 0 aliphatic rings. The van der Waals surface area contributed by atoms with Crippen molar-refractivity contribution in [3.8, 4) is 0 Å². The van der Waals surface area contributed by atoms with Crippen molar-refractivity contribution in [1.82, 2.24) is 9.97 Å². The second-order valence-corrected chi connectivity index (χ2v) is 5.66. The zero-order chi connectivity index (χ0) is 14.8. The smallest absolute Gasteiger partial charge is 0.257 e. The lowest BCUT2D eigenvalue weighted by Crippen LogP contribution is -2.12. The van der Waals surface area contributed by atoms with Crippen LogP contribution in [0.4, 0.5) is 5.69 Å². The van der Waals surface area contributed by atoms with Crippen LogP contribution in [0.2, 0.25) is 5.02 Å². The van der Waals surface area contributed by atoms with Crippen molar-refractivity contribution in [3.63, 3.8) is 0 Å². The molecule has 3 rings (SSSR count). The van der Waals surface area contributed by atoms with Crippen LogP contribution in [0.3, 0.4) is 0 Å². The Morgan fingerprint density at radius 1 is 1.24 bits per heavy atom. The van der Waals surface area contributed by atoms with Crippen LogP contribution in [-0.4, -0.2) is 15.9 Å². The van der Waals surface area contributed by atoms with E-state index in [9.17, 15) is 4.79 Å². The molecule has 1 amide bonds. The molecule has 0 aliphatic carbocycles. The molecule has 0 unspecified atom stereocenters. The molecule has 0 atom stereocenters. The van der Waals surface area contributed by atoms with Gasteiger partial charge in [-0.1, -0.05) is 11.6 Å². The molecule has 1 aromatic carbocycles. The highest BCUT2D eigenvalue weighted by Crippen LogP contribution is 2.28. The number of nitrogens with zero attached hydrogens (tertiary/aromatic N) is 2. The fourth-order valence-corrected chi connectivity index (χ4v) is 2.55. The number of amides is 1. The normalized spacial score (nSPS) is 10.6. The van der Waals surface area contributed by atoms with Crippen LogP contribution in [0.5, 0.6) is 0 Å². The quantitative estimate of drug-likeness (QED) is 0.739. The average molecular weight is 363 g/mol. The van der Waals surface area contributed by atoms with Gasteiger partial charge in [0, 0.05) is 28.4 Å². The van der Waals surface area contributed by atoms with E-state index in [0.717, 1.165) is 9.86 Å². The number of carbonyl (C=O) groups excluding carboxylic acids is 1. The second-order valence-electron chi connectivity index (χ2n) is 4.34. The number of pyridine rings is 2. The summed E-state index contributed by atoms with van der Waals surface area (Å²) in [5, 5.41) is 4.23. The van der Waals surface area contributed by atoms with Crippen LogP contribution in [0.15, 0.2) is 53.4 Å². The van der Waals surface area contributed by atoms with E-state index in [1.54, 1.807) is 36.7 Å². The van der Waals surface area contributed by atoms with Gasteiger partial charge < -0.3 is 5.32 Å². The third-order valence-electron chi connectivity index (χ3n) is 2.93. The number of benzene rings is 1. The Balaban J connectivity index is 1.99. The predicted molar refractivity (Wildman–Crippen MR) is 86.6 cm³/mol. The topological polar surface area (TPSA) is 54.9 Å². The van der Waals surface area contributed by atoms with Gasteiger partial charge >= 0.3 is 0 Å². The van der Waals surface area contributed by atoms with Crippen molar-refractivity contribution in [2.24, 2.45) is 0 Å². The number of fused-ring (bicyclic) bond motifs is 1. The average Bonchev–Trinajstić information content (AvgIpc) is 2.50. The van der Waals surface area contributed by atoms with Crippen LogP contribution in [-0.2, 0) is 0 Å². The highest BCUT2D eigenvalue weighted by Gasteiger charge is 2.11. The van der Waals surface area contributed by atoms with E-state index in [1.807, 2.05) is 6.07 Å². The molecule has 4 nitrogen and oxygen atoms in total. The van der Waals surface area contributed by atoms with Gasteiger partial charge in [0.05, 0.1) is 21.8 Å². The summed E-state index contributed by atoms with van der Waals surface area (Å²) in [4.78, 5) is 20.5. The number of anilines is 1. The first-order chi connectivity index (χ1) is 10.1. The van der Waals surface area contributed by atoms with Gasteiger partial charge in [-0.25, -0.2) is 0 Å². The van der Waals surface area contributed by atoms with Crippen molar-refractivity contribution < 1.29 is 4.79 Å². The van der Waals surface area contributed by atoms with Crippen LogP contribution in [0, 0.1) is 0 Å². The van der Waals surface area contributed by atoms with Crippen molar-refractivity contribution >= 4 is 50.0 Å². The second kappa shape index (κ2) is 5.79. The molecule has 1 N–H and O–H groups in total. The SMILES string of the molecule is O=C(Nc1ccc(Cl)c2cccnc12)c1cncc(Br)c1. The summed E-state index contributed by atoms with van der Waals surface area (Å²) in [6.07, 6.45) is 4.79. The van der Waals surface area contributed by atoms with Crippen molar-refractivity contribution in [3.05, 3.63) is 64.0 Å². The van der Waals surface area contributed by atoms with E-state index in [4.69, 9.17) is 11.6 Å². The Kier molecular flexibility index (Phi) is 3.86. The first-order valence-corrected chi connectivity index (χ1v) is 7.27. The molecule has 0 saturated heterocycles. The maximum atomic E-state index is 12.3. The first-order valence-electron chi connectivity index (χ1n) is 6.10. The number of aromatic nitrogens is 2. The van der Waals surface area contributed by atoms with E-state index in [0.29, 0.717) is 21.8 Å². The lowest BCUT2D eigenvalue weighted by Gasteiger charge is -2.09. The molecule has 3 aromatic rings. The number of carbonyl (C=O) groups is 1. The van der Waals surface area contributed by atoms with Crippen LogP contribution in [0.25, 0.3) is 10.9 Å². The summed E-state index contributed by atoms with van der Waals surface area (Å²) in [6.45, 7) is 0. The third kappa shape index (κ3) is 2.89. The van der Waals surface area contributed by atoms with Crippen molar-refractivity contribution in [2.75, 3.05) is 5.32 Å². The van der Waals surface area contributed by atoms with Gasteiger partial charge in [-0.05, 0) is 46.3 Å². The molecule has 2 aromatic heterocycles. The maximum absolute atomic E-state index is 12.3. The summed E-state index contributed by atoms with van der Waals surface area (Å²) < 4.78 is 0.745. The zero-order valence-electron chi connectivity index (χ0n) is 10.7. The van der Waals surface area contributed by atoms with Crippen LogP contribution >= 0.6 is 27.5 Å². The van der Waals surface area contributed by atoms with Gasteiger partial charge in [-0.3, -0.25) is 14.8 Å². The molecule has 104 valence electrons. The Labute approximate surface area is 134 Å². The standard InChI is InChI=1S/C15H9BrClN3O/c16-10-6-9(7-18-8-10)15(21)20-13-4-3-12(17)11-2-1-5-19-14(11)13/h1-8H,(H,20,21). The van der Waals surface area contributed by atoms with Crippen molar-refractivity contribution in [1.29, 1.82) is 0 Å². The van der Waals surface area contributed by atoms with Crippen molar-refractivity contribution in [2.45, 2.75) is 0 Å². The molecule has 0 saturated carbocycles. The summed E-state index contributed by atoms with van der Waals surface area (Å²) in [6, 6.07) is 8.84. The highest BCUT2D eigenvalue weighted by molar-refractivity contribution is 9.10. The molecule has 0 spiro atoms. The zero-order valence-corrected chi connectivity index (χ0v) is 13.0. The number of rotatable bonds is 2. The summed E-state index contributed by atoms with van der Waals surface area (Å²) in [5.74, 6) is -0.252. The van der Waals surface area contributed by atoms with E-state index >= 15 is 0 Å². The van der Waals surface area contributed by atoms with E-state index in [2.05, 4.69) is 31.2 Å². The van der Waals surface area contributed by atoms with Gasteiger partial charge in [0.15, 0.2) is 0 Å². The van der Waals surface area contributed by atoms with Crippen LogP contribution in [0.1, 0.15) is 10.4 Å². The Morgan fingerprint density at radius 2 is 2.10 bits per heavy atom. The molecular formula is C15H9BrClN3O. The number of hydrogen-bond donors (Lipinski definition) is 1. The molecule has 2 heterocycles. The van der Waals surface area contributed by atoms with Gasteiger partial charge in [0.25, 0.3) is 5.91 Å². The van der Waals surface area contributed by atoms with Gasteiger partial charge in [0.1, 0.15) is 0 Å². The Bertz CT molecular complexity index is 838. The highest BCUT2D eigenvalue weighted by atomic mass is 79.9. The van der Waals surface area contributed by atoms with E-state index in [-0.39, 0.29) is 5.91 Å². The molecule has 0 aliphatic heterocycles. The van der Waals surface area contributed by atoms with Crippen LogP contribution < -0.4 is 5.32 Å². The molecule has 0 bridgehead atoms. The van der Waals surface area contributed by atoms with Gasteiger partial charge in [-0.2, -0.15) is 0 Å². The Hall–Kier alpha value is -1.98. The minimum absolute atomic E-state index is 0.252. The predicted octanol–water partition coefficient (Wildman–Crippen LogP) is 4.30. The van der Waals surface area contributed by atoms with E-state index < -0.39 is 0 Å². The number of hydrogen-bond acceptors (Lipinski definition) is 3. The summed E-state index contributed by atoms with van der Waals surface area (Å²) >= 11 is 9.43. The van der Waals surface area contributed by atoms with Gasteiger partial charge in [0.2, 0.25) is 0 Å².